The summed E-state index contributed by atoms with van der Waals surface area (Å²) in [5.74, 6) is -0.148. The van der Waals surface area contributed by atoms with Gasteiger partial charge in [-0.25, -0.2) is 0 Å². The van der Waals surface area contributed by atoms with Gasteiger partial charge in [0, 0.05) is 0 Å². The topological polar surface area (TPSA) is 26.3 Å². The summed E-state index contributed by atoms with van der Waals surface area (Å²) >= 11 is 0. The first kappa shape index (κ1) is 10.9. The van der Waals surface area contributed by atoms with Crippen LogP contribution in [0.2, 0.25) is 0 Å². The van der Waals surface area contributed by atoms with E-state index < -0.39 is 0 Å². The predicted molar refractivity (Wildman–Crippen MR) is 34.0 cm³/mol. The molecule has 0 N–H and O–H groups in total. The number of carbonyl (C=O) groups excluding carboxylic acids is 1. The first-order valence-corrected chi connectivity index (χ1v) is 2.26. The maximum atomic E-state index is 10.3. The van der Waals surface area contributed by atoms with Crippen molar-refractivity contribution in [3.05, 3.63) is 0 Å². The fraction of sp³-hybridized carbons (Fsp3) is 0.800. The number of esters is 1. The Balaban J connectivity index is 0. The summed E-state index contributed by atoms with van der Waals surface area (Å²) in [6.07, 6.45) is 0. The van der Waals surface area contributed by atoms with Gasteiger partial charge in [0.05, 0.1) is 13.0 Å². The van der Waals surface area contributed by atoms with Crippen molar-refractivity contribution in [2.45, 2.75) is 13.8 Å². The molecule has 0 saturated carbocycles. The van der Waals surface area contributed by atoms with Gasteiger partial charge in [-0.1, -0.05) is 13.8 Å². The van der Waals surface area contributed by atoms with Gasteiger partial charge in [-0.15, -0.1) is 0 Å². The Hall–Kier alpha value is 0.0674. The van der Waals surface area contributed by atoms with Crippen molar-refractivity contribution < 1.29 is 9.53 Å². The number of hydrogen-bond donors (Lipinski definition) is 0. The van der Waals surface area contributed by atoms with E-state index in [2.05, 4.69) is 4.74 Å². The number of methoxy groups -OCH3 is 1. The number of hydrogen-bond acceptors (Lipinski definition) is 2. The third kappa shape index (κ3) is 4.23. The SMILES string of the molecule is COC(=O)C(C)C.[LiH]. The third-order valence-electron chi connectivity index (χ3n) is 0.673. The molecule has 0 aliphatic rings. The van der Waals surface area contributed by atoms with E-state index in [1.165, 1.54) is 7.11 Å². The van der Waals surface area contributed by atoms with E-state index in [9.17, 15) is 4.79 Å². The fourth-order valence-electron chi connectivity index (χ4n) is 0.236. The van der Waals surface area contributed by atoms with E-state index in [0.717, 1.165) is 0 Å². The summed E-state index contributed by atoms with van der Waals surface area (Å²) in [4.78, 5) is 10.3. The third-order valence-corrected chi connectivity index (χ3v) is 0.673. The fourth-order valence-corrected chi connectivity index (χ4v) is 0.236. The molecule has 0 aromatic rings. The van der Waals surface area contributed by atoms with Crippen LogP contribution in [0.25, 0.3) is 0 Å². The van der Waals surface area contributed by atoms with Gasteiger partial charge in [-0.2, -0.15) is 0 Å². The Morgan fingerprint density at radius 2 is 1.88 bits per heavy atom. The molecule has 8 heavy (non-hydrogen) atoms. The van der Waals surface area contributed by atoms with Crippen LogP contribution in [0.15, 0.2) is 0 Å². The molecular weight excluding hydrogens is 99.0 g/mol. The summed E-state index contributed by atoms with van der Waals surface area (Å²) in [7, 11) is 1.39. The van der Waals surface area contributed by atoms with Gasteiger partial charge in [0.15, 0.2) is 0 Å². The molecule has 0 aromatic carbocycles. The van der Waals surface area contributed by atoms with E-state index in [4.69, 9.17) is 0 Å². The van der Waals surface area contributed by atoms with E-state index in [-0.39, 0.29) is 30.7 Å². The van der Waals surface area contributed by atoms with Crippen molar-refractivity contribution in [2.75, 3.05) is 7.11 Å². The van der Waals surface area contributed by atoms with Crippen LogP contribution in [-0.2, 0) is 9.53 Å². The van der Waals surface area contributed by atoms with Crippen molar-refractivity contribution in [1.82, 2.24) is 0 Å². The van der Waals surface area contributed by atoms with Gasteiger partial charge in [-0.05, 0) is 0 Å². The molecule has 0 aromatic heterocycles. The van der Waals surface area contributed by atoms with E-state index in [1.807, 2.05) is 0 Å². The van der Waals surface area contributed by atoms with Crippen LogP contribution in [0.5, 0.6) is 0 Å². The molecule has 3 heteroatoms. The molecule has 0 heterocycles. The second-order valence-corrected chi connectivity index (χ2v) is 1.68. The Morgan fingerprint density at radius 3 is 1.88 bits per heavy atom. The Morgan fingerprint density at radius 1 is 1.50 bits per heavy atom. The van der Waals surface area contributed by atoms with Gasteiger partial charge in [0.1, 0.15) is 0 Å². The molecule has 0 amide bonds. The molecule has 0 unspecified atom stereocenters. The second kappa shape index (κ2) is 5.21. The van der Waals surface area contributed by atoms with Crippen molar-refractivity contribution in [1.29, 1.82) is 0 Å². The van der Waals surface area contributed by atoms with Crippen LogP contribution < -0.4 is 0 Å². The first-order chi connectivity index (χ1) is 3.18. The molecule has 0 aliphatic carbocycles. The van der Waals surface area contributed by atoms with E-state index >= 15 is 0 Å². The van der Waals surface area contributed by atoms with Crippen LogP contribution in [0.1, 0.15) is 13.8 Å². The van der Waals surface area contributed by atoms with Crippen molar-refractivity contribution >= 4 is 24.8 Å². The monoisotopic (exact) mass is 110 g/mol. The normalized spacial score (nSPS) is 8.00. The Bertz CT molecular complexity index is 70.8. The summed E-state index contributed by atoms with van der Waals surface area (Å²) < 4.78 is 4.37. The standard InChI is InChI=1S/C5H10O2.Li.H/c1-4(2)5(6)7-3;;/h4H,1-3H3;;. The molecule has 0 atom stereocenters. The summed E-state index contributed by atoms with van der Waals surface area (Å²) in [6.45, 7) is 3.59. The first-order valence-electron chi connectivity index (χ1n) is 2.26. The van der Waals surface area contributed by atoms with Gasteiger partial charge in [-0.3, -0.25) is 4.79 Å². The summed E-state index contributed by atoms with van der Waals surface area (Å²) in [5.41, 5.74) is 0. The average Bonchev–Trinajstić information content (AvgIpc) is 1.65. The average molecular weight is 110 g/mol. The minimum absolute atomic E-state index is 0. The van der Waals surface area contributed by atoms with Crippen molar-refractivity contribution in [3.63, 3.8) is 0 Å². The van der Waals surface area contributed by atoms with Gasteiger partial charge in [0.2, 0.25) is 0 Å². The molecule has 0 saturated heterocycles. The van der Waals surface area contributed by atoms with Crippen LogP contribution in [0, 0.1) is 5.92 Å². The maximum absolute atomic E-state index is 10.3. The van der Waals surface area contributed by atoms with Crippen LogP contribution >= 0.6 is 0 Å². The van der Waals surface area contributed by atoms with Crippen molar-refractivity contribution in [2.24, 2.45) is 5.92 Å². The number of ether oxygens (including phenoxy) is 1. The van der Waals surface area contributed by atoms with Crippen LogP contribution in [0.3, 0.4) is 0 Å². The molecule has 0 spiro atoms. The van der Waals surface area contributed by atoms with E-state index in [0.29, 0.717) is 0 Å². The zero-order chi connectivity index (χ0) is 5.86. The molecule has 0 fully saturated rings. The van der Waals surface area contributed by atoms with Gasteiger partial charge in [0.25, 0.3) is 0 Å². The van der Waals surface area contributed by atoms with Crippen molar-refractivity contribution in [3.8, 4) is 0 Å². The van der Waals surface area contributed by atoms with Gasteiger partial charge < -0.3 is 4.74 Å². The quantitative estimate of drug-likeness (QED) is 0.355. The van der Waals surface area contributed by atoms with Crippen LogP contribution in [0.4, 0.5) is 0 Å². The Kier molecular flexibility index (Phi) is 7.13. The molecule has 0 rings (SSSR count). The summed E-state index contributed by atoms with van der Waals surface area (Å²) in [6, 6.07) is 0. The zero-order valence-electron chi connectivity index (χ0n) is 4.89. The molecule has 44 valence electrons. The molecular formula is C5H11LiO2. The predicted octanol–water partition coefficient (Wildman–Crippen LogP) is 0.167. The summed E-state index contributed by atoms with van der Waals surface area (Å²) in [5, 5.41) is 0. The number of carbonyl (C=O) groups is 1. The Labute approximate surface area is 61.8 Å². The second-order valence-electron chi connectivity index (χ2n) is 1.68. The number of rotatable bonds is 1. The molecule has 0 bridgehead atoms. The van der Waals surface area contributed by atoms with E-state index in [1.54, 1.807) is 13.8 Å². The van der Waals surface area contributed by atoms with Crippen LogP contribution in [-0.4, -0.2) is 31.9 Å². The molecule has 0 radical (unpaired) electrons. The molecule has 0 aliphatic heterocycles. The molecule has 2 nitrogen and oxygen atoms in total. The minimum atomic E-state index is -0.153. The van der Waals surface area contributed by atoms with Gasteiger partial charge >= 0.3 is 24.8 Å². The zero-order valence-corrected chi connectivity index (χ0v) is 4.89.